The third-order valence-electron chi connectivity index (χ3n) is 2.33. The zero-order valence-electron chi connectivity index (χ0n) is 9.75. The number of carbonyl (C=O) groups excluding carboxylic acids is 2. The van der Waals surface area contributed by atoms with Crippen LogP contribution < -0.4 is 0 Å². The van der Waals surface area contributed by atoms with Crippen LogP contribution in [0.5, 0.6) is 0 Å². The fourth-order valence-corrected chi connectivity index (χ4v) is 1.66. The number of aliphatic hydroxyl groups excluding tert-OH is 1. The first-order valence-electron chi connectivity index (χ1n) is 5.15. The van der Waals surface area contributed by atoms with Gasteiger partial charge in [0.05, 0.1) is 6.10 Å². The number of halogens is 1. The molecule has 6 nitrogen and oxygen atoms in total. The maximum Gasteiger partial charge on any atom is 0.303 e. The number of aliphatic hydroxyl groups is 1. The molecule has 1 N–H and O–H groups in total. The summed E-state index contributed by atoms with van der Waals surface area (Å²) in [6, 6.07) is 0. The van der Waals surface area contributed by atoms with Gasteiger partial charge in [0.25, 0.3) is 0 Å². The third kappa shape index (κ3) is 3.37. The van der Waals surface area contributed by atoms with Crippen molar-refractivity contribution in [2.24, 2.45) is 0 Å². The predicted molar refractivity (Wildman–Crippen MR) is 52.6 cm³/mol. The van der Waals surface area contributed by atoms with Crippen LogP contribution in [-0.2, 0) is 23.8 Å². The molecular formula is C10H15FO6. The van der Waals surface area contributed by atoms with Gasteiger partial charge in [-0.15, -0.1) is 0 Å². The van der Waals surface area contributed by atoms with Gasteiger partial charge in [0, 0.05) is 13.8 Å². The lowest BCUT2D eigenvalue weighted by molar-refractivity contribution is -0.269. The molecule has 17 heavy (non-hydrogen) atoms. The van der Waals surface area contributed by atoms with E-state index in [2.05, 4.69) is 0 Å². The van der Waals surface area contributed by atoms with E-state index in [4.69, 9.17) is 14.2 Å². The normalized spacial score (nSPS) is 37.4. The maximum absolute atomic E-state index is 13.6. The van der Waals surface area contributed by atoms with Gasteiger partial charge in [0.2, 0.25) is 0 Å². The van der Waals surface area contributed by atoms with E-state index in [1.165, 1.54) is 6.92 Å². The van der Waals surface area contributed by atoms with E-state index >= 15 is 0 Å². The molecule has 1 fully saturated rings. The molecule has 7 heteroatoms. The van der Waals surface area contributed by atoms with Crippen LogP contribution in [0.4, 0.5) is 4.39 Å². The van der Waals surface area contributed by atoms with Gasteiger partial charge in [0.1, 0.15) is 0 Å². The summed E-state index contributed by atoms with van der Waals surface area (Å²) in [5.74, 6) is -1.37. The van der Waals surface area contributed by atoms with Crippen LogP contribution in [0.1, 0.15) is 20.8 Å². The first-order valence-corrected chi connectivity index (χ1v) is 5.15. The van der Waals surface area contributed by atoms with Crippen LogP contribution in [0.3, 0.4) is 0 Å². The Labute approximate surface area is 97.6 Å². The summed E-state index contributed by atoms with van der Waals surface area (Å²) in [6.45, 7) is 3.74. The van der Waals surface area contributed by atoms with Crippen molar-refractivity contribution in [3.63, 3.8) is 0 Å². The molecule has 1 aliphatic rings. The minimum absolute atomic E-state index is 0.647. The highest BCUT2D eigenvalue weighted by atomic mass is 19.1. The van der Waals surface area contributed by atoms with Crippen molar-refractivity contribution in [1.29, 1.82) is 0 Å². The van der Waals surface area contributed by atoms with Crippen molar-refractivity contribution in [1.82, 2.24) is 0 Å². The van der Waals surface area contributed by atoms with Crippen molar-refractivity contribution >= 4 is 11.9 Å². The van der Waals surface area contributed by atoms with Crippen LogP contribution >= 0.6 is 0 Å². The average Bonchev–Trinajstić information content (AvgIpc) is 2.19. The number of esters is 2. The van der Waals surface area contributed by atoms with E-state index in [1.807, 2.05) is 0 Å². The Morgan fingerprint density at radius 3 is 2.12 bits per heavy atom. The Balaban J connectivity index is 2.86. The van der Waals surface area contributed by atoms with Crippen LogP contribution in [0.25, 0.3) is 0 Å². The predicted octanol–water partition coefficient (Wildman–Crippen LogP) is -0.0750. The fourth-order valence-electron chi connectivity index (χ4n) is 1.66. The summed E-state index contributed by atoms with van der Waals surface area (Å²) in [5.41, 5.74) is 0. The molecule has 0 bridgehead atoms. The molecule has 1 saturated heterocycles. The molecule has 1 aliphatic heterocycles. The molecule has 0 spiro atoms. The summed E-state index contributed by atoms with van der Waals surface area (Å²) in [5, 5.41) is 9.25. The fraction of sp³-hybridized carbons (Fsp3) is 0.800. The molecule has 0 aromatic rings. The van der Waals surface area contributed by atoms with Gasteiger partial charge in [-0.25, -0.2) is 4.39 Å². The van der Waals surface area contributed by atoms with Gasteiger partial charge >= 0.3 is 11.9 Å². The minimum Gasteiger partial charge on any atom is -0.456 e. The summed E-state index contributed by atoms with van der Waals surface area (Å²) >= 11 is 0. The summed E-state index contributed by atoms with van der Waals surface area (Å²) in [4.78, 5) is 21.7. The summed E-state index contributed by atoms with van der Waals surface area (Å²) in [7, 11) is 0. The van der Waals surface area contributed by atoms with Crippen LogP contribution in [0.15, 0.2) is 0 Å². The van der Waals surface area contributed by atoms with Gasteiger partial charge in [-0.05, 0) is 6.92 Å². The highest BCUT2D eigenvalue weighted by molar-refractivity contribution is 5.67. The first-order chi connectivity index (χ1) is 7.82. The van der Waals surface area contributed by atoms with Crippen molar-refractivity contribution in [3.8, 4) is 0 Å². The smallest absolute Gasteiger partial charge is 0.303 e. The van der Waals surface area contributed by atoms with Gasteiger partial charge in [0.15, 0.2) is 24.7 Å². The third-order valence-corrected chi connectivity index (χ3v) is 2.33. The Morgan fingerprint density at radius 1 is 1.18 bits per heavy atom. The van der Waals surface area contributed by atoms with E-state index in [0.29, 0.717) is 0 Å². The summed E-state index contributed by atoms with van der Waals surface area (Å²) in [6.07, 6.45) is -6.88. The number of hydrogen-bond acceptors (Lipinski definition) is 6. The number of rotatable bonds is 2. The molecule has 1 heterocycles. The summed E-state index contributed by atoms with van der Waals surface area (Å²) < 4.78 is 28.0. The zero-order chi connectivity index (χ0) is 13.2. The van der Waals surface area contributed by atoms with E-state index in [0.717, 1.165) is 13.8 Å². The molecule has 2 unspecified atom stereocenters. The Morgan fingerprint density at radius 2 is 1.65 bits per heavy atom. The Kier molecular flexibility index (Phi) is 4.41. The van der Waals surface area contributed by atoms with E-state index in [1.54, 1.807) is 0 Å². The van der Waals surface area contributed by atoms with Crippen molar-refractivity contribution < 1.29 is 33.3 Å². The highest BCUT2D eigenvalue weighted by Crippen LogP contribution is 2.27. The molecule has 0 saturated carbocycles. The molecule has 0 radical (unpaired) electrons. The largest absolute Gasteiger partial charge is 0.456 e. The topological polar surface area (TPSA) is 82.1 Å². The first kappa shape index (κ1) is 13.9. The minimum atomic E-state index is -1.96. The SMILES string of the molecule is CC(=O)O[C@@H]1[C@H](C)OC(O)C(F)[C@@H]1OC(C)=O. The van der Waals surface area contributed by atoms with Crippen LogP contribution in [0, 0.1) is 0 Å². The maximum atomic E-state index is 13.6. The van der Waals surface area contributed by atoms with Gasteiger partial charge < -0.3 is 19.3 Å². The van der Waals surface area contributed by atoms with Crippen LogP contribution in [0.2, 0.25) is 0 Å². The molecule has 5 atom stereocenters. The second-order valence-electron chi connectivity index (χ2n) is 3.82. The molecule has 0 aliphatic carbocycles. The lowest BCUT2D eigenvalue weighted by Crippen LogP contribution is -2.57. The molecule has 0 aromatic heterocycles. The number of alkyl halides is 1. The highest BCUT2D eigenvalue weighted by Gasteiger charge is 2.48. The second-order valence-corrected chi connectivity index (χ2v) is 3.82. The van der Waals surface area contributed by atoms with Crippen LogP contribution in [-0.4, -0.2) is 47.8 Å². The molecule has 1 rings (SSSR count). The molecule has 0 amide bonds. The van der Waals surface area contributed by atoms with Crippen molar-refractivity contribution in [3.05, 3.63) is 0 Å². The van der Waals surface area contributed by atoms with Gasteiger partial charge in [-0.3, -0.25) is 9.59 Å². The lowest BCUT2D eigenvalue weighted by atomic mass is 10.0. The Hall–Kier alpha value is -1.21. The van der Waals surface area contributed by atoms with Gasteiger partial charge in [-0.2, -0.15) is 0 Å². The second kappa shape index (κ2) is 5.42. The lowest BCUT2D eigenvalue weighted by Gasteiger charge is -2.39. The van der Waals surface area contributed by atoms with E-state index < -0.39 is 42.7 Å². The number of ether oxygens (including phenoxy) is 3. The van der Waals surface area contributed by atoms with Crippen molar-refractivity contribution in [2.45, 2.75) is 51.5 Å². The van der Waals surface area contributed by atoms with E-state index in [-0.39, 0.29) is 0 Å². The standard InChI is InChI=1S/C10H15FO6/c1-4-8(16-5(2)12)9(17-6(3)13)7(11)10(14)15-4/h4,7-10,14H,1-3H3/t4-,7?,8+,9-,10?/m0/s1. The molecule has 0 aromatic carbocycles. The number of carbonyl (C=O) groups is 2. The average molecular weight is 250 g/mol. The van der Waals surface area contributed by atoms with Gasteiger partial charge in [-0.1, -0.05) is 0 Å². The molecule has 98 valence electrons. The van der Waals surface area contributed by atoms with E-state index in [9.17, 15) is 19.1 Å². The zero-order valence-corrected chi connectivity index (χ0v) is 9.75. The monoisotopic (exact) mass is 250 g/mol. The quantitative estimate of drug-likeness (QED) is 0.690. The van der Waals surface area contributed by atoms with Crippen molar-refractivity contribution in [2.75, 3.05) is 0 Å². The molecular weight excluding hydrogens is 235 g/mol. The Bertz CT molecular complexity index is 307. The number of hydrogen-bond donors (Lipinski definition) is 1.